The van der Waals surface area contributed by atoms with Crippen LogP contribution >= 0.6 is 0 Å². The van der Waals surface area contributed by atoms with Gasteiger partial charge in [0.25, 0.3) is 0 Å². The second kappa shape index (κ2) is 4.44. The number of hydrogen-bond acceptors (Lipinski definition) is 3. The van der Waals surface area contributed by atoms with Crippen molar-refractivity contribution in [1.82, 2.24) is 4.98 Å². The van der Waals surface area contributed by atoms with E-state index in [2.05, 4.69) is 9.98 Å². The molecule has 1 aromatic heterocycles. The van der Waals surface area contributed by atoms with E-state index in [0.29, 0.717) is 12.4 Å². The smallest absolute Gasteiger partial charge is 0.176 e. The molecule has 0 amide bonds. The van der Waals surface area contributed by atoms with Crippen LogP contribution < -0.4 is 0 Å². The summed E-state index contributed by atoms with van der Waals surface area (Å²) in [5, 5.41) is 0. The van der Waals surface area contributed by atoms with Gasteiger partial charge in [-0.15, -0.1) is 0 Å². The molecular weight excluding hydrogens is 140 g/mol. The molecule has 0 saturated carbocycles. The Labute approximate surface area is 65.8 Å². The Morgan fingerprint density at radius 1 is 1.64 bits per heavy atom. The predicted molar refractivity (Wildman–Crippen MR) is 44.0 cm³/mol. The molecule has 0 saturated heterocycles. The molecule has 0 bridgehead atoms. The molecule has 0 radical (unpaired) electrons. The summed E-state index contributed by atoms with van der Waals surface area (Å²) in [6.07, 6.45) is 3.10. The van der Waals surface area contributed by atoms with Crippen LogP contribution in [-0.2, 0) is 4.74 Å². The average Bonchev–Trinajstić information content (AvgIpc) is 2.07. The van der Waals surface area contributed by atoms with E-state index < -0.39 is 0 Å². The highest BCUT2D eigenvalue weighted by molar-refractivity contribution is 5.52. The summed E-state index contributed by atoms with van der Waals surface area (Å²) < 4.78 is 4.91. The Balaban J connectivity index is 2.50. The monoisotopic (exact) mass is 150 g/mol. The minimum atomic E-state index is 0.635. The number of aliphatic imine (C=N–C) groups is 1. The lowest BCUT2D eigenvalue weighted by Crippen LogP contribution is -1.84. The number of nitrogens with zero attached hydrogens (tertiary/aromatic N) is 2. The van der Waals surface area contributed by atoms with Crippen molar-refractivity contribution in [3.8, 4) is 0 Å². The highest BCUT2D eigenvalue weighted by atomic mass is 16.5. The molecule has 0 N–H and O–H groups in total. The zero-order chi connectivity index (χ0) is 7.94. The standard InChI is InChI=1S/C8H10N2O/c1-2-11-7-10-8-5-3-4-6-9-8/h3-7H,2H2,1H3/b10-7-. The van der Waals surface area contributed by atoms with Gasteiger partial charge in [-0.1, -0.05) is 6.07 Å². The lowest BCUT2D eigenvalue weighted by Gasteiger charge is -1.91. The molecule has 3 heteroatoms. The zero-order valence-electron chi connectivity index (χ0n) is 6.40. The van der Waals surface area contributed by atoms with Crippen LogP contribution in [0.15, 0.2) is 29.4 Å². The fraction of sp³-hybridized carbons (Fsp3) is 0.250. The number of ether oxygens (including phenoxy) is 1. The largest absolute Gasteiger partial charge is 0.483 e. The Kier molecular flexibility index (Phi) is 3.12. The van der Waals surface area contributed by atoms with E-state index in [9.17, 15) is 0 Å². The van der Waals surface area contributed by atoms with Crippen molar-refractivity contribution in [3.05, 3.63) is 24.4 Å². The lowest BCUT2D eigenvalue weighted by atomic mass is 10.5. The number of pyridine rings is 1. The molecule has 1 aromatic rings. The zero-order valence-corrected chi connectivity index (χ0v) is 6.40. The van der Waals surface area contributed by atoms with Gasteiger partial charge in [-0.05, 0) is 19.1 Å². The van der Waals surface area contributed by atoms with Crippen LogP contribution in [0, 0.1) is 0 Å². The van der Waals surface area contributed by atoms with Crippen LogP contribution in [0.3, 0.4) is 0 Å². The molecule has 0 atom stereocenters. The maximum atomic E-state index is 4.91. The van der Waals surface area contributed by atoms with Gasteiger partial charge in [0, 0.05) is 6.20 Å². The van der Waals surface area contributed by atoms with Crippen molar-refractivity contribution < 1.29 is 4.74 Å². The average molecular weight is 150 g/mol. The molecule has 0 aliphatic carbocycles. The molecule has 0 spiro atoms. The third-order valence-electron chi connectivity index (χ3n) is 1.08. The fourth-order valence-corrected chi connectivity index (χ4v) is 0.596. The van der Waals surface area contributed by atoms with Gasteiger partial charge in [-0.3, -0.25) is 0 Å². The van der Waals surface area contributed by atoms with Gasteiger partial charge < -0.3 is 4.74 Å². The predicted octanol–water partition coefficient (Wildman–Crippen LogP) is 1.78. The first-order valence-corrected chi connectivity index (χ1v) is 3.48. The minimum Gasteiger partial charge on any atom is -0.483 e. The summed E-state index contributed by atoms with van der Waals surface area (Å²) in [6.45, 7) is 2.54. The quantitative estimate of drug-likeness (QED) is 0.486. The number of rotatable bonds is 3. The van der Waals surface area contributed by atoms with Crippen LogP contribution in [0.1, 0.15) is 6.92 Å². The van der Waals surface area contributed by atoms with E-state index in [1.54, 1.807) is 6.20 Å². The molecule has 1 rings (SSSR count). The SMILES string of the molecule is CCO/C=N\c1ccccn1. The maximum Gasteiger partial charge on any atom is 0.176 e. The third-order valence-corrected chi connectivity index (χ3v) is 1.08. The van der Waals surface area contributed by atoms with E-state index in [0.717, 1.165) is 0 Å². The Morgan fingerprint density at radius 2 is 2.55 bits per heavy atom. The topological polar surface area (TPSA) is 34.5 Å². The first kappa shape index (κ1) is 7.72. The normalized spacial score (nSPS) is 10.3. The van der Waals surface area contributed by atoms with Crippen molar-refractivity contribution in [1.29, 1.82) is 0 Å². The first-order valence-electron chi connectivity index (χ1n) is 3.48. The maximum absolute atomic E-state index is 4.91. The summed E-state index contributed by atoms with van der Waals surface area (Å²) in [7, 11) is 0. The molecular formula is C8H10N2O. The molecule has 3 nitrogen and oxygen atoms in total. The van der Waals surface area contributed by atoms with Gasteiger partial charge in [0.05, 0.1) is 6.61 Å². The second-order valence-electron chi connectivity index (χ2n) is 1.88. The van der Waals surface area contributed by atoms with Gasteiger partial charge in [0.1, 0.15) is 0 Å². The number of aromatic nitrogens is 1. The third kappa shape index (κ3) is 2.80. The molecule has 0 aromatic carbocycles. The minimum absolute atomic E-state index is 0.635. The van der Waals surface area contributed by atoms with Crippen LogP contribution in [-0.4, -0.2) is 18.0 Å². The highest BCUT2D eigenvalue weighted by Crippen LogP contribution is 2.02. The molecule has 0 aliphatic heterocycles. The highest BCUT2D eigenvalue weighted by Gasteiger charge is 1.82. The van der Waals surface area contributed by atoms with Crippen LogP contribution in [0.4, 0.5) is 5.82 Å². The molecule has 1 heterocycles. The van der Waals surface area contributed by atoms with Gasteiger partial charge in [0.2, 0.25) is 0 Å². The van der Waals surface area contributed by atoms with Crippen molar-refractivity contribution in [2.75, 3.05) is 6.61 Å². The van der Waals surface area contributed by atoms with Crippen LogP contribution in [0.25, 0.3) is 0 Å². The summed E-state index contributed by atoms with van der Waals surface area (Å²) in [5.41, 5.74) is 0. The number of hydrogen-bond donors (Lipinski definition) is 0. The van der Waals surface area contributed by atoms with E-state index >= 15 is 0 Å². The van der Waals surface area contributed by atoms with E-state index in [1.165, 1.54) is 6.40 Å². The summed E-state index contributed by atoms with van der Waals surface area (Å²) in [5.74, 6) is 0.668. The molecule has 0 aliphatic rings. The van der Waals surface area contributed by atoms with Crippen LogP contribution in [0.5, 0.6) is 0 Å². The van der Waals surface area contributed by atoms with E-state index in [-0.39, 0.29) is 0 Å². The van der Waals surface area contributed by atoms with E-state index in [1.807, 2.05) is 25.1 Å². The second-order valence-corrected chi connectivity index (χ2v) is 1.88. The van der Waals surface area contributed by atoms with Gasteiger partial charge in [-0.25, -0.2) is 9.98 Å². The Bertz CT molecular complexity index is 221. The van der Waals surface area contributed by atoms with Gasteiger partial charge in [0.15, 0.2) is 12.2 Å². The summed E-state index contributed by atoms with van der Waals surface area (Å²) >= 11 is 0. The van der Waals surface area contributed by atoms with Crippen LogP contribution in [0.2, 0.25) is 0 Å². The van der Waals surface area contributed by atoms with Crippen molar-refractivity contribution in [2.24, 2.45) is 4.99 Å². The van der Waals surface area contributed by atoms with Gasteiger partial charge >= 0.3 is 0 Å². The van der Waals surface area contributed by atoms with Crippen molar-refractivity contribution in [2.45, 2.75) is 6.92 Å². The van der Waals surface area contributed by atoms with Gasteiger partial charge in [-0.2, -0.15) is 0 Å². The molecule has 11 heavy (non-hydrogen) atoms. The molecule has 0 fully saturated rings. The fourth-order valence-electron chi connectivity index (χ4n) is 0.596. The van der Waals surface area contributed by atoms with Crippen molar-refractivity contribution >= 4 is 12.2 Å². The summed E-state index contributed by atoms with van der Waals surface area (Å²) in [4.78, 5) is 7.91. The first-order chi connectivity index (χ1) is 5.43. The van der Waals surface area contributed by atoms with Crippen molar-refractivity contribution in [3.63, 3.8) is 0 Å². The Hall–Kier alpha value is -1.38. The summed E-state index contributed by atoms with van der Waals surface area (Å²) in [6, 6.07) is 5.54. The molecule has 0 unspecified atom stereocenters. The lowest BCUT2D eigenvalue weighted by molar-refractivity contribution is 0.344. The van der Waals surface area contributed by atoms with E-state index in [4.69, 9.17) is 4.74 Å². The molecule has 58 valence electrons. The Morgan fingerprint density at radius 3 is 3.18 bits per heavy atom.